The van der Waals surface area contributed by atoms with E-state index >= 15 is 0 Å². The highest BCUT2D eigenvalue weighted by Gasteiger charge is 2.30. The van der Waals surface area contributed by atoms with Crippen molar-refractivity contribution in [2.24, 2.45) is 11.8 Å². The molecule has 0 bridgehead atoms. The van der Waals surface area contributed by atoms with Gasteiger partial charge < -0.3 is 10.6 Å². The minimum Gasteiger partial charge on any atom is -0.349 e. The molecule has 1 fully saturated rings. The largest absolute Gasteiger partial charge is 0.349 e. The first-order valence-electron chi connectivity index (χ1n) is 9.52. The Kier molecular flexibility index (Phi) is 8.10. The van der Waals surface area contributed by atoms with Gasteiger partial charge in [0.15, 0.2) is 0 Å². The van der Waals surface area contributed by atoms with E-state index in [2.05, 4.69) is 16.0 Å². The minimum absolute atomic E-state index is 0.0251. The quantitative estimate of drug-likeness (QED) is 0.661. The third-order valence-corrected chi connectivity index (χ3v) is 5.39. The SMILES string of the molecule is CC[C@H](CC(=O)NC(=O)NC)C(=O)NC(c1cccc(Cl)c1)C1CCCC1. The average Bonchev–Trinajstić information content (AvgIpc) is 3.18. The summed E-state index contributed by atoms with van der Waals surface area (Å²) in [5.41, 5.74) is 0.993. The van der Waals surface area contributed by atoms with Crippen LogP contribution in [0, 0.1) is 11.8 Å². The summed E-state index contributed by atoms with van der Waals surface area (Å²) < 4.78 is 0. The van der Waals surface area contributed by atoms with Crippen molar-refractivity contribution in [2.75, 3.05) is 7.05 Å². The maximum atomic E-state index is 12.9. The lowest BCUT2D eigenvalue weighted by atomic mass is 9.90. The topological polar surface area (TPSA) is 87.3 Å². The lowest BCUT2D eigenvalue weighted by molar-refractivity contribution is -0.130. The van der Waals surface area contributed by atoms with Crippen molar-refractivity contribution in [1.29, 1.82) is 0 Å². The summed E-state index contributed by atoms with van der Waals surface area (Å²) in [7, 11) is 1.43. The number of benzene rings is 1. The first-order chi connectivity index (χ1) is 12.9. The Morgan fingerprint density at radius 3 is 2.52 bits per heavy atom. The van der Waals surface area contributed by atoms with Crippen LogP contribution in [0.4, 0.5) is 4.79 Å². The molecule has 2 rings (SSSR count). The maximum absolute atomic E-state index is 12.9. The zero-order valence-corrected chi connectivity index (χ0v) is 16.6. The average molecular weight is 394 g/mol. The number of amides is 4. The van der Waals surface area contributed by atoms with Gasteiger partial charge in [0.1, 0.15) is 0 Å². The highest BCUT2D eigenvalue weighted by atomic mass is 35.5. The lowest BCUT2D eigenvalue weighted by Gasteiger charge is -2.27. The van der Waals surface area contributed by atoms with Crippen molar-refractivity contribution in [1.82, 2.24) is 16.0 Å². The van der Waals surface area contributed by atoms with Gasteiger partial charge in [0.2, 0.25) is 11.8 Å². The molecule has 1 aliphatic rings. The monoisotopic (exact) mass is 393 g/mol. The van der Waals surface area contributed by atoms with E-state index in [1.807, 2.05) is 31.2 Å². The zero-order chi connectivity index (χ0) is 19.8. The van der Waals surface area contributed by atoms with Gasteiger partial charge in [-0.15, -0.1) is 0 Å². The van der Waals surface area contributed by atoms with E-state index in [-0.39, 0.29) is 18.4 Å². The van der Waals surface area contributed by atoms with E-state index in [0.29, 0.717) is 17.4 Å². The summed E-state index contributed by atoms with van der Waals surface area (Å²) in [5, 5.41) is 8.33. The molecule has 1 unspecified atom stereocenters. The van der Waals surface area contributed by atoms with E-state index in [4.69, 9.17) is 11.6 Å². The Morgan fingerprint density at radius 2 is 1.93 bits per heavy atom. The number of halogens is 1. The molecule has 4 amide bonds. The predicted octanol–water partition coefficient (Wildman–Crippen LogP) is 3.56. The van der Waals surface area contributed by atoms with Crippen molar-refractivity contribution in [2.45, 2.75) is 51.5 Å². The summed E-state index contributed by atoms with van der Waals surface area (Å²) in [5.74, 6) is -0.750. The molecular weight excluding hydrogens is 366 g/mol. The Balaban J connectivity index is 2.09. The van der Waals surface area contributed by atoms with Crippen LogP contribution in [0.2, 0.25) is 5.02 Å². The second kappa shape index (κ2) is 10.3. The van der Waals surface area contributed by atoms with Gasteiger partial charge in [0.25, 0.3) is 0 Å². The molecule has 27 heavy (non-hydrogen) atoms. The van der Waals surface area contributed by atoms with E-state index in [1.54, 1.807) is 0 Å². The van der Waals surface area contributed by atoms with Crippen LogP contribution in [0.1, 0.15) is 57.1 Å². The Morgan fingerprint density at radius 1 is 1.22 bits per heavy atom. The van der Waals surface area contributed by atoms with E-state index in [0.717, 1.165) is 31.2 Å². The van der Waals surface area contributed by atoms with Crippen LogP contribution in [0.3, 0.4) is 0 Å². The number of carbonyl (C=O) groups excluding carboxylic acids is 3. The van der Waals surface area contributed by atoms with Crippen LogP contribution in [0.25, 0.3) is 0 Å². The van der Waals surface area contributed by atoms with Crippen molar-refractivity contribution < 1.29 is 14.4 Å². The summed E-state index contributed by atoms with van der Waals surface area (Å²) in [6.07, 6.45) is 4.92. The smallest absolute Gasteiger partial charge is 0.321 e. The number of urea groups is 1. The van der Waals surface area contributed by atoms with Crippen molar-refractivity contribution in [3.8, 4) is 0 Å². The van der Waals surface area contributed by atoms with Crippen LogP contribution in [0.5, 0.6) is 0 Å². The third-order valence-electron chi connectivity index (χ3n) is 5.15. The van der Waals surface area contributed by atoms with Gasteiger partial charge in [-0.3, -0.25) is 14.9 Å². The molecule has 1 saturated carbocycles. The standard InChI is InChI=1S/C20H28ClN3O3/c1-3-13(12-17(25)23-20(27)22-2)19(26)24-18(14-7-4-5-8-14)15-9-6-10-16(21)11-15/h6,9-11,13-14,18H,3-5,7-8,12H2,1-2H3,(H,24,26)(H2,22,23,25,27)/t13-,18?/m1/s1. The second-order valence-corrected chi connectivity index (χ2v) is 7.46. The molecule has 148 valence electrons. The van der Waals surface area contributed by atoms with E-state index in [1.165, 1.54) is 7.05 Å². The van der Waals surface area contributed by atoms with Crippen molar-refractivity contribution >= 4 is 29.4 Å². The van der Waals surface area contributed by atoms with Crippen LogP contribution in [0.15, 0.2) is 24.3 Å². The number of hydrogen-bond donors (Lipinski definition) is 3. The highest BCUT2D eigenvalue weighted by molar-refractivity contribution is 6.30. The van der Waals surface area contributed by atoms with Gasteiger partial charge in [-0.1, -0.05) is 43.5 Å². The Bertz CT molecular complexity index is 674. The first kappa shape index (κ1) is 21.2. The van der Waals surface area contributed by atoms with Crippen LogP contribution in [-0.2, 0) is 9.59 Å². The second-order valence-electron chi connectivity index (χ2n) is 7.02. The van der Waals surface area contributed by atoms with Gasteiger partial charge in [0.05, 0.1) is 6.04 Å². The predicted molar refractivity (Wildman–Crippen MR) is 105 cm³/mol. The number of nitrogens with one attached hydrogen (secondary N) is 3. The summed E-state index contributed by atoms with van der Waals surface area (Å²) in [6, 6.07) is 6.89. The minimum atomic E-state index is -0.571. The molecule has 1 aromatic carbocycles. The molecule has 1 aromatic rings. The molecule has 1 aliphatic carbocycles. The molecule has 0 aliphatic heterocycles. The fourth-order valence-corrected chi connectivity index (χ4v) is 3.82. The highest BCUT2D eigenvalue weighted by Crippen LogP contribution is 2.36. The van der Waals surface area contributed by atoms with Crippen molar-refractivity contribution in [3.05, 3.63) is 34.9 Å². The molecule has 0 aromatic heterocycles. The molecule has 7 heteroatoms. The Labute approximate surface area is 165 Å². The van der Waals surface area contributed by atoms with Gasteiger partial charge in [0, 0.05) is 24.4 Å². The molecular formula is C20H28ClN3O3. The molecule has 0 heterocycles. The first-order valence-corrected chi connectivity index (χ1v) is 9.89. The lowest BCUT2D eigenvalue weighted by Crippen LogP contribution is -2.41. The van der Waals surface area contributed by atoms with E-state index < -0.39 is 17.9 Å². The summed E-state index contributed by atoms with van der Waals surface area (Å²) in [4.78, 5) is 36.1. The summed E-state index contributed by atoms with van der Waals surface area (Å²) >= 11 is 6.15. The number of rotatable bonds is 7. The van der Waals surface area contributed by atoms with Crippen LogP contribution in [-0.4, -0.2) is 24.9 Å². The number of imide groups is 1. The summed E-state index contributed by atoms with van der Waals surface area (Å²) in [6.45, 7) is 1.86. The molecule has 3 N–H and O–H groups in total. The normalized spacial score (nSPS) is 16.4. The molecule has 0 radical (unpaired) electrons. The zero-order valence-electron chi connectivity index (χ0n) is 15.9. The van der Waals surface area contributed by atoms with Crippen LogP contribution >= 0.6 is 11.6 Å². The molecule has 2 atom stereocenters. The molecule has 0 spiro atoms. The molecule has 0 saturated heterocycles. The Hall–Kier alpha value is -2.08. The number of hydrogen-bond acceptors (Lipinski definition) is 3. The maximum Gasteiger partial charge on any atom is 0.321 e. The van der Waals surface area contributed by atoms with E-state index in [9.17, 15) is 14.4 Å². The number of carbonyl (C=O) groups is 3. The fraction of sp³-hybridized carbons (Fsp3) is 0.550. The van der Waals surface area contributed by atoms with Gasteiger partial charge in [-0.25, -0.2) is 4.79 Å². The van der Waals surface area contributed by atoms with Gasteiger partial charge in [-0.05, 0) is 42.9 Å². The molecule has 6 nitrogen and oxygen atoms in total. The fourth-order valence-electron chi connectivity index (χ4n) is 3.62. The van der Waals surface area contributed by atoms with Gasteiger partial charge >= 0.3 is 6.03 Å². The third kappa shape index (κ3) is 6.24. The van der Waals surface area contributed by atoms with Crippen molar-refractivity contribution in [3.63, 3.8) is 0 Å². The van der Waals surface area contributed by atoms with Crippen LogP contribution < -0.4 is 16.0 Å². The van der Waals surface area contributed by atoms with Gasteiger partial charge in [-0.2, -0.15) is 0 Å².